The molecule has 6 rings (SSSR count). The van der Waals surface area contributed by atoms with Gasteiger partial charge in [-0.15, -0.1) is 11.3 Å². The van der Waals surface area contributed by atoms with E-state index in [-0.39, 0.29) is 23.4 Å². The van der Waals surface area contributed by atoms with Gasteiger partial charge in [0.15, 0.2) is 0 Å². The summed E-state index contributed by atoms with van der Waals surface area (Å²) in [5.74, 6) is -0.885. The van der Waals surface area contributed by atoms with Crippen molar-refractivity contribution in [3.63, 3.8) is 0 Å². The van der Waals surface area contributed by atoms with Crippen molar-refractivity contribution in [2.75, 3.05) is 11.4 Å². The van der Waals surface area contributed by atoms with E-state index < -0.39 is 5.91 Å². The molecule has 0 saturated carbocycles. The fourth-order valence-electron chi connectivity index (χ4n) is 5.02. The summed E-state index contributed by atoms with van der Waals surface area (Å²) in [5.41, 5.74) is 4.36. The third-order valence-corrected chi connectivity index (χ3v) is 7.99. The molecule has 3 aromatic carbocycles. The van der Waals surface area contributed by atoms with Crippen molar-refractivity contribution in [2.45, 2.75) is 32.7 Å². The molecular weight excluding hydrogens is 458 g/mol. The van der Waals surface area contributed by atoms with Crippen LogP contribution in [0.25, 0.3) is 10.2 Å². The highest BCUT2D eigenvalue weighted by Crippen LogP contribution is 2.38. The zero-order chi connectivity index (χ0) is 24.3. The minimum absolute atomic E-state index is 0.0862. The minimum Gasteiger partial charge on any atom is -0.329 e. The normalized spacial score (nSPS) is 17.5. The molecule has 3 amide bonds. The summed E-state index contributed by atoms with van der Waals surface area (Å²) in [5, 5.41) is 0.936. The fourth-order valence-corrected chi connectivity index (χ4v) is 6.13. The van der Waals surface area contributed by atoms with Crippen LogP contribution in [0, 0.1) is 13.8 Å². The van der Waals surface area contributed by atoms with Gasteiger partial charge in [0.1, 0.15) is 5.01 Å². The summed E-state index contributed by atoms with van der Waals surface area (Å²) in [7, 11) is 0. The summed E-state index contributed by atoms with van der Waals surface area (Å²) in [6, 6.07) is 18.4. The SMILES string of the molecule is Cc1ccc(C)c(N2C(=O)c3ccc(C(=O)N4CCCC4c4nc5ccccc5s4)cc3C2=O)c1. The van der Waals surface area contributed by atoms with Gasteiger partial charge in [-0.1, -0.05) is 24.3 Å². The van der Waals surface area contributed by atoms with Crippen molar-refractivity contribution in [2.24, 2.45) is 0 Å². The summed E-state index contributed by atoms with van der Waals surface area (Å²) in [6.45, 7) is 4.44. The van der Waals surface area contributed by atoms with Crippen molar-refractivity contribution in [1.29, 1.82) is 0 Å². The number of aryl methyl sites for hydroxylation is 2. The number of nitrogens with zero attached hydrogens (tertiary/aromatic N) is 3. The van der Waals surface area contributed by atoms with E-state index in [1.807, 2.05) is 61.2 Å². The Balaban J connectivity index is 1.32. The Bertz CT molecular complexity index is 1510. The van der Waals surface area contributed by atoms with Crippen LogP contribution in [-0.2, 0) is 0 Å². The van der Waals surface area contributed by atoms with Gasteiger partial charge in [0.05, 0.1) is 33.1 Å². The zero-order valence-corrected chi connectivity index (χ0v) is 20.3. The molecule has 1 atom stereocenters. The molecule has 0 bridgehead atoms. The van der Waals surface area contributed by atoms with Crippen LogP contribution in [0.1, 0.15) is 66.1 Å². The average Bonchev–Trinajstić information content (AvgIpc) is 3.57. The zero-order valence-electron chi connectivity index (χ0n) is 19.4. The molecule has 2 aliphatic heterocycles. The fraction of sp³-hybridized carbons (Fsp3) is 0.214. The number of carbonyl (C=O) groups excluding carboxylic acids is 3. The van der Waals surface area contributed by atoms with Crippen molar-refractivity contribution in [1.82, 2.24) is 9.88 Å². The van der Waals surface area contributed by atoms with Gasteiger partial charge < -0.3 is 4.90 Å². The maximum atomic E-state index is 13.6. The van der Waals surface area contributed by atoms with Gasteiger partial charge in [0.25, 0.3) is 17.7 Å². The molecule has 2 aliphatic rings. The second kappa shape index (κ2) is 8.13. The number of hydrogen-bond donors (Lipinski definition) is 0. The number of thiazole rings is 1. The molecule has 1 aromatic heterocycles. The molecule has 0 N–H and O–H groups in total. The molecule has 35 heavy (non-hydrogen) atoms. The third kappa shape index (κ3) is 3.46. The monoisotopic (exact) mass is 481 g/mol. The smallest absolute Gasteiger partial charge is 0.266 e. The Morgan fingerprint density at radius 1 is 0.971 bits per heavy atom. The van der Waals surface area contributed by atoms with Gasteiger partial charge in [0, 0.05) is 12.1 Å². The largest absolute Gasteiger partial charge is 0.329 e. The molecule has 0 radical (unpaired) electrons. The van der Waals surface area contributed by atoms with E-state index in [1.54, 1.807) is 29.5 Å². The van der Waals surface area contributed by atoms with E-state index in [0.29, 0.717) is 23.4 Å². The second-order valence-electron chi connectivity index (χ2n) is 9.17. The van der Waals surface area contributed by atoms with Gasteiger partial charge in [0.2, 0.25) is 0 Å². The average molecular weight is 482 g/mol. The molecule has 1 fully saturated rings. The molecule has 1 saturated heterocycles. The van der Waals surface area contributed by atoms with Gasteiger partial charge in [-0.05, 0) is 74.2 Å². The quantitative estimate of drug-likeness (QED) is 0.353. The molecule has 6 nitrogen and oxygen atoms in total. The number of aromatic nitrogens is 1. The lowest BCUT2D eigenvalue weighted by atomic mass is 10.0. The number of imide groups is 1. The topological polar surface area (TPSA) is 70.6 Å². The predicted molar refractivity (Wildman–Crippen MR) is 136 cm³/mol. The first kappa shape index (κ1) is 21.7. The van der Waals surface area contributed by atoms with E-state index in [9.17, 15) is 14.4 Å². The van der Waals surface area contributed by atoms with Crippen molar-refractivity contribution < 1.29 is 14.4 Å². The van der Waals surface area contributed by atoms with E-state index in [4.69, 9.17) is 4.98 Å². The number of hydrogen-bond acceptors (Lipinski definition) is 5. The van der Waals surface area contributed by atoms with E-state index in [2.05, 4.69) is 0 Å². The molecule has 4 aromatic rings. The summed E-state index contributed by atoms with van der Waals surface area (Å²) >= 11 is 1.62. The van der Waals surface area contributed by atoms with Crippen LogP contribution < -0.4 is 4.90 Å². The number of fused-ring (bicyclic) bond motifs is 2. The maximum absolute atomic E-state index is 13.6. The third-order valence-electron chi connectivity index (χ3n) is 6.85. The Morgan fingerprint density at radius 2 is 1.77 bits per heavy atom. The van der Waals surface area contributed by atoms with Crippen LogP contribution in [0.3, 0.4) is 0 Å². The van der Waals surface area contributed by atoms with Crippen molar-refractivity contribution in [3.8, 4) is 0 Å². The Morgan fingerprint density at radius 3 is 2.60 bits per heavy atom. The molecule has 1 unspecified atom stereocenters. The minimum atomic E-state index is -0.391. The van der Waals surface area contributed by atoms with E-state index in [1.165, 1.54) is 4.90 Å². The molecule has 0 aliphatic carbocycles. The first-order valence-corrected chi connectivity index (χ1v) is 12.5. The number of amides is 3. The number of rotatable bonds is 3. The van der Waals surface area contributed by atoms with Crippen LogP contribution in [0.15, 0.2) is 60.7 Å². The van der Waals surface area contributed by atoms with Gasteiger partial charge in [-0.2, -0.15) is 0 Å². The molecule has 3 heterocycles. The predicted octanol–water partition coefficient (Wildman–Crippen LogP) is 5.69. The number of carbonyl (C=O) groups is 3. The lowest BCUT2D eigenvalue weighted by molar-refractivity contribution is 0.0735. The number of para-hydroxylation sites is 1. The number of benzene rings is 3. The highest BCUT2D eigenvalue weighted by atomic mass is 32.1. The lowest BCUT2D eigenvalue weighted by Crippen LogP contribution is -2.31. The molecule has 7 heteroatoms. The molecule has 174 valence electrons. The van der Waals surface area contributed by atoms with Crippen LogP contribution >= 0.6 is 11.3 Å². The van der Waals surface area contributed by atoms with E-state index >= 15 is 0 Å². The number of anilines is 1. The van der Waals surface area contributed by atoms with Gasteiger partial charge >= 0.3 is 0 Å². The summed E-state index contributed by atoms with van der Waals surface area (Å²) in [4.78, 5) is 47.9. The first-order chi connectivity index (χ1) is 16.9. The highest BCUT2D eigenvalue weighted by molar-refractivity contribution is 7.18. The standard InChI is InChI=1S/C28H23N3O3S/c1-16-9-10-17(2)23(14-16)31-27(33)19-12-11-18(15-20(19)28(31)34)26(32)30-13-5-7-22(30)25-29-21-6-3-4-8-24(21)35-25/h3-4,6,8-12,14-15,22H,5,7,13H2,1-2H3. The number of likely N-dealkylation sites (tertiary alicyclic amines) is 1. The van der Waals surface area contributed by atoms with Gasteiger partial charge in [-0.3, -0.25) is 14.4 Å². The molecule has 0 spiro atoms. The second-order valence-corrected chi connectivity index (χ2v) is 10.2. The van der Waals surface area contributed by atoms with Gasteiger partial charge in [-0.25, -0.2) is 9.88 Å². The van der Waals surface area contributed by atoms with Crippen molar-refractivity contribution >= 4 is 45.0 Å². The maximum Gasteiger partial charge on any atom is 0.266 e. The summed E-state index contributed by atoms with van der Waals surface area (Å²) < 4.78 is 1.11. The Kier molecular flexibility index (Phi) is 5.04. The van der Waals surface area contributed by atoms with Crippen LogP contribution in [-0.4, -0.2) is 34.2 Å². The Labute approximate surface area is 206 Å². The van der Waals surface area contributed by atoms with E-state index in [0.717, 1.165) is 39.2 Å². The molecular formula is C28H23N3O3S. The first-order valence-electron chi connectivity index (χ1n) is 11.7. The van der Waals surface area contributed by atoms with Crippen LogP contribution in [0.4, 0.5) is 5.69 Å². The highest BCUT2D eigenvalue weighted by Gasteiger charge is 2.39. The summed E-state index contributed by atoms with van der Waals surface area (Å²) in [6.07, 6.45) is 1.75. The van der Waals surface area contributed by atoms with Crippen LogP contribution in [0.5, 0.6) is 0 Å². The van der Waals surface area contributed by atoms with Crippen LogP contribution in [0.2, 0.25) is 0 Å². The van der Waals surface area contributed by atoms with Crippen molar-refractivity contribution in [3.05, 3.63) is 93.5 Å². The lowest BCUT2D eigenvalue weighted by Gasteiger charge is -2.23. The Hall–Kier alpha value is -3.84.